The molecule has 0 amide bonds. The Kier molecular flexibility index (Phi) is 9.38. The third kappa shape index (κ3) is 8.16. The van der Waals surface area contributed by atoms with E-state index in [-0.39, 0.29) is 12.1 Å². The molecule has 0 aliphatic rings. The highest BCUT2D eigenvalue weighted by molar-refractivity contribution is 7.99. The fourth-order valence-corrected chi connectivity index (χ4v) is 3.00. The molecule has 0 saturated carbocycles. The fraction of sp³-hybridized carbons (Fsp3) is 0.733. The molecule has 0 saturated heterocycles. The molecule has 0 radical (unpaired) electrons. The Bertz CT molecular complexity index is 550. The van der Waals surface area contributed by atoms with Crippen LogP contribution in [0.2, 0.25) is 0 Å². The minimum Gasteiger partial charge on any atom is -0.385 e. The zero-order valence-corrected chi connectivity index (χ0v) is 14.7. The Morgan fingerprint density at radius 2 is 1.92 bits per heavy atom. The fourth-order valence-electron chi connectivity index (χ4n) is 2.01. The van der Waals surface area contributed by atoms with Crippen molar-refractivity contribution < 1.29 is 22.6 Å². The first-order valence-corrected chi connectivity index (χ1v) is 8.72. The van der Waals surface area contributed by atoms with Gasteiger partial charge in [0.05, 0.1) is 13.2 Å². The molecule has 0 fully saturated rings. The highest BCUT2D eigenvalue weighted by Crippen LogP contribution is 2.18. The Morgan fingerprint density at radius 3 is 2.58 bits per heavy atom. The molecule has 138 valence electrons. The Morgan fingerprint density at radius 1 is 1.21 bits per heavy atom. The number of methoxy groups -OCH3 is 1. The standard InChI is InChI=1S/C15H23F3N2O3S/c1-12-11-19-14(24-10-6-4-3-5-8-22-2)20(13(12)21)7-9-23-15(16,17)18/h11H,3-10H2,1-2H3. The number of halogens is 3. The van der Waals surface area contributed by atoms with Crippen LogP contribution < -0.4 is 5.56 Å². The van der Waals surface area contributed by atoms with Gasteiger partial charge in [0, 0.05) is 31.2 Å². The van der Waals surface area contributed by atoms with Crippen LogP contribution in [0.25, 0.3) is 0 Å². The number of ether oxygens (including phenoxy) is 2. The molecule has 0 unspecified atom stereocenters. The first kappa shape index (κ1) is 21.0. The minimum absolute atomic E-state index is 0.177. The van der Waals surface area contributed by atoms with Gasteiger partial charge in [0.1, 0.15) is 0 Å². The Labute approximate surface area is 143 Å². The van der Waals surface area contributed by atoms with Gasteiger partial charge in [-0.2, -0.15) is 0 Å². The van der Waals surface area contributed by atoms with Crippen molar-refractivity contribution in [3.05, 3.63) is 22.1 Å². The third-order valence-electron chi connectivity index (χ3n) is 3.24. The van der Waals surface area contributed by atoms with E-state index in [1.54, 1.807) is 14.0 Å². The maximum absolute atomic E-state index is 12.1. The predicted octanol–water partition coefficient (Wildman–Crippen LogP) is 3.39. The van der Waals surface area contributed by atoms with E-state index in [1.165, 1.54) is 22.5 Å². The first-order valence-electron chi connectivity index (χ1n) is 7.74. The molecule has 1 rings (SSSR count). The van der Waals surface area contributed by atoms with E-state index in [0.717, 1.165) is 38.0 Å². The highest BCUT2D eigenvalue weighted by Gasteiger charge is 2.28. The van der Waals surface area contributed by atoms with E-state index in [0.29, 0.717) is 10.7 Å². The van der Waals surface area contributed by atoms with Crippen LogP contribution in [-0.2, 0) is 16.0 Å². The molecule has 1 aromatic heterocycles. The maximum atomic E-state index is 12.1. The molecule has 1 aromatic rings. The summed E-state index contributed by atoms with van der Waals surface area (Å²) in [5.41, 5.74) is 0.0595. The molecule has 0 spiro atoms. The first-order chi connectivity index (χ1) is 11.3. The second-order valence-corrected chi connectivity index (χ2v) is 6.29. The van der Waals surface area contributed by atoms with Gasteiger partial charge in [0.15, 0.2) is 5.16 Å². The van der Waals surface area contributed by atoms with Crippen molar-refractivity contribution in [1.29, 1.82) is 0 Å². The van der Waals surface area contributed by atoms with Crippen molar-refractivity contribution in [3.63, 3.8) is 0 Å². The zero-order valence-electron chi connectivity index (χ0n) is 13.9. The lowest BCUT2D eigenvalue weighted by Gasteiger charge is -2.13. The molecule has 0 bridgehead atoms. The van der Waals surface area contributed by atoms with E-state index < -0.39 is 13.0 Å². The second kappa shape index (κ2) is 10.7. The molecular weight excluding hydrogens is 345 g/mol. The minimum atomic E-state index is -4.70. The van der Waals surface area contributed by atoms with Gasteiger partial charge in [-0.15, -0.1) is 13.2 Å². The van der Waals surface area contributed by atoms with Gasteiger partial charge >= 0.3 is 6.36 Å². The monoisotopic (exact) mass is 368 g/mol. The van der Waals surface area contributed by atoms with Crippen molar-refractivity contribution in [1.82, 2.24) is 9.55 Å². The SMILES string of the molecule is COCCCCCCSc1ncc(C)c(=O)n1CCOC(F)(F)F. The van der Waals surface area contributed by atoms with Crippen LogP contribution >= 0.6 is 11.8 Å². The Hall–Kier alpha value is -1.06. The number of aromatic nitrogens is 2. The van der Waals surface area contributed by atoms with Gasteiger partial charge in [-0.05, 0) is 19.8 Å². The van der Waals surface area contributed by atoms with Crippen molar-refractivity contribution in [2.45, 2.75) is 50.7 Å². The van der Waals surface area contributed by atoms with E-state index in [4.69, 9.17) is 4.74 Å². The van der Waals surface area contributed by atoms with Crippen LogP contribution in [0.15, 0.2) is 16.1 Å². The van der Waals surface area contributed by atoms with Gasteiger partial charge < -0.3 is 4.74 Å². The molecule has 9 heteroatoms. The summed E-state index contributed by atoms with van der Waals surface area (Å²) < 4.78 is 46.2. The van der Waals surface area contributed by atoms with Gasteiger partial charge in [-0.3, -0.25) is 14.1 Å². The van der Waals surface area contributed by atoms with E-state index in [2.05, 4.69) is 9.72 Å². The number of aryl methyl sites for hydroxylation is 1. The van der Waals surface area contributed by atoms with E-state index in [1.807, 2.05) is 0 Å². The predicted molar refractivity (Wildman–Crippen MR) is 86.3 cm³/mol. The number of unbranched alkanes of at least 4 members (excludes halogenated alkanes) is 3. The number of rotatable bonds is 11. The van der Waals surface area contributed by atoms with E-state index in [9.17, 15) is 18.0 Å². The van der Waals surface area contributed by atoms with Crippen LogP contribution in [-0.4, -0.2) is 42.0 Å². The number of hydrogen-bond donors (Lipinski definition) is 0. The van der Waals surface area contributed by atoms with Crippen molar-refractivity contribution in [2.75, 3.05) is 26.1 Å². The Balaban J connectivity index is 2.53. The number of nitrogens with zero attached hydrogens (tertiary/aromatic N) is 2. The summed E-state index contributed by atoms with van der Waals surface area (Å²) in [6.45, 7) is 1.54. The summed E-state index contributed by atoms with van der Waals surface area (Å²) in [7, 11) is 1.67. The quantitative estimate of drug-likeness (QED) is 0.340. The van der Waals surface area contributed by atoms with Gasteiger partial charge in [-0.1, -0.05) is 24.6 Å². The largest absolute Gasteiger partial charge is 0.522 e. The smallest absolute Gasteiger partial charge is 0.385 e. The average molecular weight is 368 g/mol. The molecule has 0 N–H and O–H groups in total. The van der Waals surface area contributed by atoms with Crippen molar-refractivity contribution in [3.8, 4) is 0 Å². The summed E-state index contributed by atoms with van der Waals surface area (Å²) in [6.07, 6.45) is 0.785. The molecule has 0 aliphatic heterocycles. The van der Waals surface area contributed by atoms with E-state index >= 15 is 0 Å². The third-order valence-corrected chi connectivity index (χ3v) is 4.31. The molecule has 1 heterocycles. The second-order valence-electron chi connectivity index (χ2n) is 5.23. The van der Waals surface area contributed by atoms with Crippen LogP contribution in [0.5, 0.6) is 0 Å². The molecule has 5 nitrogen and oxygen atoms in total. The average Bonchev–Trinajstić information content (AvgIpc) is 2.51. The lowest BCUT2D eigenvalue weighted by atomic mass is 10.2. The highest BCUT2D eigenvalue weighted by atomic mass is 32.2. The molecule has 24 heavy (non-hydrogen) atoms. The van der Waals surface area contributed by atoms with Gasteiger partial charge in [0.25, 0.3) is 5.56 Å². The summed E-state index contributed by atoms with van der Waals surface area (Å²) in [5.74, 6) is 0.753. The van der Waals surface area contributed by atoms with Crippen LogP contribution in [0.3, 0.4) is 0 Å². The summed E-state index contributed by atoms with van der Waals surface area (Å²) in [4.78, 5) is 16.3. The van der Waals surface area contributed by atoms with Crippen molar-refractivity contribution in [2.24, 2.45) is 0 Å². The topological polar surface area (TPSA) is 53.3 Å². The molecule has 0 aliphatic carbocycles. The summed E-state index contributed by atoms with van der Waals surface area (Å²) in [5, 5.41) is 0.424. The summed E-state index contributed by atoms with van der Waals surface area (Å²) >= 11 is 1.38. The number of alkyl halides is 3. The zero-order chi connectivity index (χ0) is 18.0. The normalized spacial score (nSPS) is 11.9. The van der Waals surface area contributed by atoms with Gasteiger partial charge in [0.2, 0.25) is 0 Å². The summed E-state index contributed by atoms with van der Waals surface area (Å²) in [6, 6.07) is 0. The maximum Gasteiger partial charge on any atom is 0.522 e. The molecule has 0 aromatic carbocycles. The van der Waals surface area contributed by atoms with Crippen LogP contribution in [0.1, 0.15) is 31.2 Å². The lowest BCUT2D eigenvalue weighted by Crippen LogP contribution is -2.28. The lowest BCUT2D eigenvalue weighted by molar-refractivity contribution is -0.325. The number of hydrogen-bond acceptors (Lipinski definition) is 5. The number of thioether (sulfide) groups is 1. The van der Waals surface area contributed by atoms with Crippen LogP contribution in [0.4, 0.5) is 13.2 Å². The molecular formula is C15H23F3N2O3S. The van der Waals surface area contributed by atoms with Crippen LogP contribution in [0, 0.1) is 6.92 Å². The van der Waals surface area contributed by atoms with Crippen molar-refractivity contribution >= 4 is 11.8 Å². The van der Waals surface area contributed by atoms with Gasteiger partial charge in [-0.25, -0.2) is 4.98 Å². The molecule has 0 atom stereocenters.